The fourth-order valence-electron chi connectivity index (χ4n) is 2.51. The number of aryl methyl sites for hydroxylation is 2. The molecule has 132 valence electrons. The van der Waals surface area contributed by atoms with Crippen molar-refractivity contribution in [3.63, 3.8) is 0 Å². The van der Waals surface area contributed by atoms with E-state index in [0.29, 0.717) is 0 Å². The highest BCUT2D eigenvalue weighted by atomic mass is 16.5. The van der Waals surface area contributed by atoms with Crippen LogP contribution in [0.4, 0.5) is 0 Å². The van der Waals surface area contributed by atoms with E-state index < -0.39 is 0 Å². The summed E-state index contributed by atoms with van der Waals surface area (Å²) in [7, 11) is 3.80. The van der Waals surface area contributed by atoms with E-state index in [2.05, 4.69) is 42.1 Å². The third-order valence-corrected chi connectivity index (χ3v) is 3.63. The van der Waals surface area contributed by atoms with E-state index >= 15 is 0 Å². The highest BCUT2D eigenvalue weighted by Crippen LogP contribution is 2.24. The minimum absolute atomic E-state index is 0.250. The van der Waals surface area contributed by atoms with Gasteiger partial charge in [-0.1, -0.05) is 0 Å². The summed E-state index contributed by atoms with van der Waals surface area (Å²) in [6.45, 7) is 8.48. The van der Waals surface area contributed by atoms with Gasteiger partial charge in [0.1, 0.15) is 5.75 Å². The van der Waals surface area contributed by atoms with Crippen molar-refractivity contribution >= 4 is 6.47 Å². The molecule has 2 aromatic rings. The lowest BCUT2D eigenvalue weighted by Gasteiger charge is -2.18. The van der Waals surface area contributed by atoms with Crippen LogP contribution >= 0.6 is 0 Å². The van der Waals surface area contributed by atoms with Gasteiger partial charge in [0.25, 0.3) is 6.47 Å². The number of nitrogens with zero attached hydrogens (tertiary/aromatic N) is 4. The van der Waals surface area contributed by atoms with Gasteiger partial charge in [-0.3, -0.25) is 19.4 Å². The molecule has 0 aliphatic heterocycles. The van der Waals surface area contributed by atoms with E-state index in [1.54, 1.807) is 7.11 Å². The third kappa shape index (κ3) is 5.34. The van der Waals surface area contributed by atoms with Gasteiger partial charge in [0.05, 0.1) is 19.0 Å². The Balaban J connectivity index is 0.000000891. The average molecular weight is 334 g/mol. The van der Waals surface area contributed by atoms with Crippen LogP contribution in [0, 0.1) is 13.8 Å². The molecule has 24 heavy (non-hydrogen) atoms. The quantitative estimate of drug-likeness (QED) is 0.816. The number of hydrogen-bond donors (Lipinski definition) is 1. The highest BCUT2D eigenvalue weighted by molar-refractivity contribution is 5.41. The normalized spacial score (nSPS) is 10.2. The lowest BCUT2D eigenvalue weighted by atomic mass is 10.1. The van der Waals surface area contributed by atoms with E-state index in [-0.39, 0.29) is 6.47 Å². The van der Waals surface area contributed by atoms with Crippen molar-refractivity contribution in [2.75, 3.05) is 14.2 Å². The van der Waals surface area contributed by atoms with Gasteiger partial charge < -0.3 is 9.84 Å². The summed E-state index contributed by atoms with van der Waals surface area (Å²) >= 11 is 0. The minimum Gasteiger partial charge on any atom is -0.496 e. The molecule has 0 radical (unpaired) electrons. The predicted molar refractivity (Wildman–Crippen MR) is 92.0 cm³/mol. The molecule has 0 atom stereocenters. The largest absolute Gasteiger partial charge is 0.496 e. The van der Waals surface area contributed by atoms with Gasteiger partial charge in [-0.05, 0) is 27.8 Å². The molecule has 0 saturated carbocycles. The van der Waals surface area contributed by atoms with E-state index in [9.17, 15) is 0 Å². The molecule has 0 saturated heterocycles. The number of ether oxygens (including phenoxy) is 1. The molecule has 0 unspecified atom stereocenters. The Hall–Kier alpha value is -2.41. The number of pyridine rings is 1. The molecule has 7 heteroatoms. The number of aromatic nitrogens is 3. The Kier molecular flexibility index (Phi) is 7.91. The van der Waals surface area contributed by atoms with E-state index in [1.165, 1.54) is 5.56 Å². The molecule has 0 aliphatic carbocycles. The van der Waals surface area contributed by atoms with Gasteiger partial charge in [-0.15, -0.1) is 0 Å². The Morgan fingerprint density at radius 1 is 1.33 bits per heavy atom. The Morgan fingerprint density at radius 2 is 2.00 bits per heavy atom. The predicted octanol–water partition coefficient (Wildman–Crippen LogP) is 2.26. The van der Waals surface area contributed by atoms with E-state index in [0.717, 1.165) is 42.2 Å². The maximum absolute atomic E-state index is 8.36. The first-order chi connectivity index (χ1) is 11.5. The first kappa shape index (κ1) is 19.6. The van der Waals surface area contributed by atoms with Crippen LogP contribution in [0.2, 0.25) is 0 Å². The molecule has 0 amide bonds. The zero-order valence-corrected chi connectivity index (χ0v) is 15.0. The average Bonchev–Trinajstić information content (AvgIpc) is 2.99. The molecule has 2 rings (SSSR count). The minimum atomic E-state index is -0.250. The van der Waals surface area contributed by atoms with E-state index in [4.69, 9.17) is 14.6 Å². The Bertz CT molecular complexity index is 655. The summed E-state index contributed by atoms with van der Waals surface area (Å²) in [6, 6.07) is 0. The van der Waals surface area contributed by atoms with Crippen molar-refractivity contribution in [3.05, 3.63) is 41.0 Å². The van der Waals surface area contributed by atoms with Crippen LogP contribution in [-0.4, -0.2) is 45.4 Å². The summed E-state index contributed by atoms with van der Waals surface area (Å²) in [5.74, 6) is 0.937. The van der Waals surface area contributed by atoms with Crippen LogP contribution in [0.3, 0.4) is 0 Å². The van der Waals surface area contributed by atoms with Gasteiger partial charge in [0.15, 0.2) is 0 Å². The zero-order chi connectivity index (χ0) is 18.1. The van der Waals surface area contributed by atoms with Crippen LogP contribution in [0.5, 0.6) is 5.75 Å². The fourth-order valence-corrected chi connectivity index (χ4v) is 2.51. The molecule has 0 aliphatic rings. The maximum atomic E-state index is 8.36. The fraction of sp³-hybridized carbons (Fsp3) is 0.471. The lowest BCUT2D eigenvalue weighted by Crippen LogP contribution is -2.19. The topological polar surface area (TPSA) is 80.5 Å². The first-order valence-electron chi connectivity index (χ1n) is 7.73. The van der Waals surface area contributed by atoms with Crippen LogP contribution < -0.4 is 4.74 Å². The second-order valence-corrected chi connectivity index (χ2v) is 5.53. The number of methoxy groups -OCH3 is 1. The summed E-state index contributed by atoms with van der Waals surface area (Å²) in [5.41, 5.74) is 4.47. The maximum Gasteiger partial charge on any atom is 0.290 e. The van der Waals surface area contributed by atoms with Gasteiger partial charge in [0, 0.05) is 48.7 Å². The standard InChI is InChI=1S/C16H24N4O.CH2O2/c1-6-20-10-14(8-18-20)9-19(4)11-15-13(3)16(21-5)12(2)7-17-15;2-1-3/h7-8,10H,6,9,11H2,1-5H3;1H,(H,2,3). The zero-order valence-electron chi connectivity index (χ0n) is 15.0. The smallest absolute Gasteiger partial charge is 0.290 e. The lowest BCUT2D eigenvalue weighted by molar-refractivity contribution is -0.122. The van der Waals surface area contributed by atoms with E-state index in [1.807, 2.05) is 24.0 Å². The second kappa shape index (κ2) is 9.67. The molecular weight excluding hydrogens is 308 g/mol. The van der Waals surface area contributed by atoms with Crippen molar-refractivity contribution in [1.82, 2.24) is 19.7 Å². The van der Waals surface area contributed by atoms with Crippen molar-refractivity contribution in [2.24, 2.45) is 0 Å². The molecule has 1 N–H and O–H groups in total. The van der Waals surface area contributed by atoms with Gasteiger partial charge in [0.2, 0.25) is 0 Å². The van der Waals surface area contributed by atoms with Crippen molar-refractivity contribution in [2.45, 2.75) is 40.4 Å². The number of carboxylic acid groups (broad SMARTS) is 1. The molecule has 2 heterocycles. The Morgan fingerprint density at radius 3 is 2.54 bits per heavy atom. The summed E-state index contributed by atoms with van der Waals surface area (Å²) in [5, 5.41) is 11.2. The van der Waals surface area contributed by atoms with Crippen molar-refractivity contribution in [3.8, 4) is 5.75 Å². The van der Waals surface area contributed by atoms with Crippen LogP contribution in [0.15, 0.2) is 18.6 Å². The second-order valence-electron chi connectivity index (χ2n) is 5.53. The first-order valence-corrected chi connectivity index (χ1v) is 7.73. The number of rotatable bonds is 6. The van der Waals surface area contributed by atoms with Crippen LogP contribution in [0.1, 0.15) is 29.3 Å². The number of hydrogen-bond acceptors (Lipinski definition) is 5. The molecule has 0 fully saturated rings. The molecular formula is C17H26N4O3. The monoisotopic (exact) mass is 334 g/mol. The highest BCUT2D eigenvalue weighted by Gasteiger charge is 2.12. The molecule has 0 spiro atoms. The third-order valence-electron chi connectivity index (χ3n) is 3.63. The van der Waals surface area contributed by atoms with Crippen LogP contribution in [-0.2, 0) is 24.4 Å². The van der Waals surface area contributed by atoms with Gasteiger partial charge >= 0.3 is 0 Å². The molecule has 0 bridgehead atoms. The Labute approximate surface area is 142 Å². The SMILES string of the molecule is CCn1cc(CN(C)Cc2ncc(C)c(OC)c2C)cn1.O=CO. The molecule has 7 nitrogen and oxygen atoms in total. The van der Waals surface area contributed by atoms with Gasteiger partial charge in [-0.2, -0.15) is 5.10 Å². The number of carbonyl (C=O) groups is 1. The van der Waals surface area contributed by atoms with Crippen molar-refractivity contribution in [1.29, 1.82) is 0 Å². The summed E-state index contributed by atoms with van der Waals surface area (Å²) in [6.07, 6.45) is 5.90. The molecule has 2 aromatic heterocycles. The molecule has 0 aromatic carbocycles. The van der Waals surface area contributed by atoms with Crippen LogP contribution in [0.25, 0.3) is 0 Å². The van der Waals surface area contributed by atoms with Gasteiger partial charge in [-0.25, -0.2) is 0 Å². The van der Waals surface area contributed by atoms with Crippen molar-refractivity contribution < 1.29 is 14.6 Å². The summed E-state index contributed by atoms with van der Waals surface area (Å²) < 4.78 is 7.41. The summed E-state index contributed by atoms with van der Waals surface area (Å²) in [4.78, 5) is 15.1.